The molecule has 0 unspecified atom stereocenters. The number of aryl methyl sites for hydroxylation is 1. The number of carbonyl (C=O) groups is 1. The van der Waals surface area contributed by atoms with Crippen LogP contribution in [0, 0.1) is 19.8 Å². The molecule has 0 radical (unpaired) electrons. The molecule has 1 amide bonds. The zero-order valence-electron chi connectivity index (χ0n) is 15.3. The summed E-state index contributed by atoms with van der Waals surface area (Å²) in [6.07, 6.45) is 5.49. The maximum Gasteiger partial charge on any atom is 0.228 e. The normalized spacial score (nSPS) is 17.3. The number of anilines is 3. The Morgan fingerprint density at radius 2 is 1.77 bits per heavy atom. The van der Waals surface area contributed by atoms with E-state index in [9.17, 15) is 4.79 Å². The lowest BCUT2D eigenvalue weighted by Crippen LogP contribution is -2.47. The van der Waals surface area contributed by atoms with Gasteiger partial charge in [0, 0.05) is 43.4 Å². The van der Waals surface area contributed by atoms with Crippen LogP contribution >= 0.6 is 0 Å². The molecule has 1 aliphatic heterocycles. The van der Waals surface area contributed by atoms with Gasteiger partial charge in [0.2, 0.25) is 5.91 Å². The molecule has 2 fully saturated rings. The highest BCUT2D eigenvalue weighted by atomic mass is 16.2. The molecule has 7 heteroatoms. The van der Waals surface area contributed by atoms with E-state index >= 15 is 0 Å². The predicted octanol–water partition coefficient (Wildman–Crippen LogP) is 2.16. The number of hydrogen-bond acceptors (Lipinski definition) is 6. The number of nitrogens with one attached hydrogen (secondary N) is 1. The van der Waals surface area contributed by atoms with E-state index in [0.29, 0.717) is 5.82 Å². The number of carbonyl (C=O) groups excluding carboxylic acids is 1. The average molecular weight is 352 g/mol. The van der Waals surface area contributed by atoms with Gasteiger partial charge in [-0.3, -0.25) is 4.79 Å². The Labute approximate surface area is 153 Å². The highest BCUT2D eigenvalue weighted by Gasteiger charge is 2.29. The van der Waals surface area contributed by atoms with Crippen LogP contribution < -0.4 is 15.1 Å². The van der Waals surface area contributed by atoms with Gasteiger partial charge in [-0.25, -0.2) is 15.0 Å². The third kappa shape index (κ3) is 3.47. The second kappa shape index (κ2) is 6.90. The zero-order chi connectivity index (χ0) is 18.1. The Morgan fingerprint density at radius 3 is 2.42 bits per heavy atom. The zero-order valence-corrected chi connectivity index (χ0v) is 15.3. The van der Waals surface area contributed by atoms with E-state index in [4.69, 9.17) is 0 Å². The molecule has 0 aromatic carbocycles. The molecule has 0 spiro atoms. The van der Waals surface area contributed by atoms with E-state index in [-0.39, 0.29) is 11.8 Å². The molecule has 3 heterocycles. The van der Waals surface area contributed by atoms with Crippen molar-refractivity contribution >= 4 is 23.2 Å². The van der Waals surface area contributed by atoms with Crippen molar-refractivity contribution in [3.8, 4) is 0 Å². The highest BCUT2D eigenvalue weighted by molar-refractivity contribution is 5.93. The van der Waals surface area contributed by atoms with Gasteiger partial charge in [0.25, 0.3) is 0 Å². The first-order valence-electron chi connectivity index (χ1n) is 9.17. The Bertz CT molecular complexity index is 794. The number of aromatic nitrogens is 3. The molecule has 26 heavy (non-hydrogen) atoms. The van der Waals surface area contributed by atoms with Crippen LogP contribution in [0.15, 0.2) is 24.7 Å². The Morgan fingerprint density at radius 1 is 1.04 bits per heavy atom. The van der Waals surface area contributed by atoms with Gasteiger partial charge >= 0.3 is 0 Å². The van der Waals surface area contributed by atoms with Gasteiger partial charge in [0.1, 0.15) is 18.0 Å². The predicted molar refractivity (Wildman–Crippen MR) is 102 cm³/mol. The number of piperazine rings is 1. The van der Waals surface area contributed by atoms with Crippen molar-refractivity contribution in [2.24, 2.45) is 5.92 Å². The minimum Gasteiger partial charge on any atom is -0.367 e. The summed E-state index contributed by atoms with van der Waals surface area (Å²) in [4.78, 5) is 29.6. The van der Waals surface area contributed by atoms with Crippen molar-refractivity contribution in [1.82, 2.24) is 15.0 Å². The summed E-state index contributed by atoms with van der Waals surface area (Å²) >= 11 is 0. The first-order chi connectivity index (χ1) is 12.6. The standard InChI is InChI=1S/C19H24N6O/c1-13-14(2)21-12-22-18(13)25-9-7-24(8-10-25)16-5-6-17(20-11-16)23-19(26)15-3-4-15/h5-6,11-12,15H,3-4,7-10H2,1-2H3,(H,20,23,26). The van der Waals surface area contributed by atoms with Crippen LogP contribution in [0.2, 0.25) is 0 Å². The average Bonchev–Trinajstić information content (AvgIpc) is 3.50. The van der Waals surface area contributed by atoms with Crippen LogP contribution in [0.5, 0.6) is 0 Å². The molecule has 2 aliphatic rings. The van der Waals surface area contributed by atoms with E-state index in [1.165, 1.54) is 0 Å². The van der Waals surface area contributed by atoms with Crippen molar-refractivity contribution in [3.05, 3.63) is 35.9 Å². The summed E-state index contributed by atoms with van der Waals surface area (Å²) in [6, 6.07) is 3.92. The fourth-order valence-corrected chi connectivity index (χ4v) is 3.24. The third-order valence-corrected chi connectivity index (χ3v) is 5.20. The maximum atomic E-state index is 11.8. The van der Waals surface area contributed by atoms with Crippen molar-refractivity contribution in [1.29, 1.82) is 0 Å². The van der Waals surface area contributed by atoms with Crippen molar-refractivity contribution < 1.29 is 4.79 Å². The maximum absolute atomic E-state index is 11.8. The molecule has 1 N–H and O–H groups in total. The molecule has 1 saturated heterocycles. The Kier molecular flexibility index (Phi) is 4.44. The van der Waals surface area contributed by atoms with Crippen molar-refractivity contribution in [2.75, 3.05) is 41.3 Å². The van der Waals surface area contributed by atoms with Crippen molar-refractivity contribution in [2.45, 2.75) is 26.7 Å². The minimum atomic E-state index is 0.0920. The molecule has 2 aromatic heterocycles. The number of amides is 1. The highest BCUT2D eigenvalue weighted by Crippen LogP contribution is 2.30. The monoisotopic (exact) mass is 352 g/mol. The molecule has 0 atom stereocenters. The SMILES string of the molecule is Cc1ncnc(N2CCN(c3ccc(NC(=O)C4CC4)nc3)CC2)c1C. The van der Waals surface area contributed by atoms with Crippen LogP contribution in [0.4, 0.5) is 17.3 Å². The van der Waals surface area contributed by atoms with E-state index < -0.39 is 0 Å². The van der Waals surface area contributed by atoms with Gasteiger partial charge in [0.15, 0.2) is 0 Å². The summed E-state index contributed by atoms with van der Waals surface area (Å²) in [5.74, 6) is 1.96. The first-order valence-corrected chi connectivity index (χ1v) is 9.17. The summed E-state index contributed by atoms with van der Waals surface area (Å²) in [6.45, 7) is 7.76. The van der Waals surface area contributed by atoms with Crippen LogP contribution in [-0.2, 0) is 4.79 Å². The van der Waals surface area contributed by atoms with Crippen LogP contribution in [0.3, 0.4) is 0 Å². The topological polar surface area (TPSA) is 74.2 Å². The molecule has 0 bridgehead atoms. The van der Waals surface area contributed by atoms with Crippen LogP contribution in [0.1, 0.15) is 24.1 Å². The molecule has 1 aliphatic carbocycles. The number of hydrogen-bond donors (Lipinski definition) is 1. The van der Waals surface area contributed by atoms with Gasteiger partial charge in [-0.2, -0.15) is 0 Å². The quantitative estimate of drug-likeness (QED) is 0.909. The second-order valence-electron chi connectivity index (χ2n) is 7.05. The lowest BCUT2D eigenvalue weighted by molar-refractivity contribution is -0.117. The summed E-state index contributed by atoms with van der Waals surface area (Å²) in [5, 5.41) is 2.88. The van der Waals surface area contributed by atoms with Gasteiger partial charge in [-0.1, -0.05) is 0 Å². The molecular formula is C19H24N6O. The number of nitrogens with zero attached hydrogens (tertiary/aromatic N) is 5. The minimum absolute atomic E-state index is 0.0920. The second-order valence-corrected chi connectivity index (χ2v) is 7.05. The summed E-state index contributed by atoms with van der Waals surface area (Å²) in [7, 11) is 0. The fourth-order valence-electron chi connectivity index (χ4n) is 3.24. The molecule has 4 rings (SSSR count). The van der Waals surface area contributed by atoms with E-state index in [1.54, 1.807) is 6.33 Å². The van der Waals surface area contributed by atoms with Gasteiger partial charge in [0.05, 0.1) is 11.9 Å². The smallest absolute Gasteiger partial charge is 0.228 e. The largest absolute Gasteiger partial charge is 0.367 e. The molecule has 2 aromatic rings. The molecule has 1 saturated carbocycles. The Balaban J connectivity index is 1.37. The van der Waals surface area contributed by atoms with Gasteiger partial charge in [-0.05, 0) is 38.8 Å². The summed E-state index contributed by atoms with van der Waals surface area (Å²) < 4.78 is 0. The molecule has 7 nitrogen and oxygen atoms in total. The van der Waals surface area contributed by atoms with Crippen LogP contribution in [-0.4, -0.2) is 47.0 Å². The third-order valence-electron chi connectivity index (χ3n) is 5.20. The van der Waals surface area contributed by atoms with Crippen molar-refractivity contribution in [3.63, 3.8) is 0 Å². The molecule has 136 valence electrons. The van der Waals surface area contributed by atoms with Gasteiger partial charge < -0.3 is 15.1 Å². The molecular weight excluding hydrogens is 328 g/mol. The number of pyridine rings is 1. The lowest BCUT2D eigenvalue weighted by atomic mass is 10.2. The van der Waals surface area contributed by atoms with E-state index in [2.05, 4.69) is 37.0 Å². The van der Waals surface area contributed by atoms with Crippen LogP contribution in [0.25, 0.3) is 0 Å². The Hall–Kier alpha value is -2.70. The fraction of sp³-hybridized carbons (Fsp3) is 0.474. The van der Waals surface area contributed by atoms with Gasteiger partial charge in [-0.15, -0.1) is 0 Å². The number of rotatable bonds is 4. The lowest BCUT2D eigenvalue weighted by Gasteiger charge is -2.37. The van der Waals surface area contributed by atoms with E-state index in [1.807, 2.05) is 25.3 Å². The first kappa shape index (κ1) is 16.8. The summed E-state index contributed by atoms with van der Waals surface area (Å²) in [5.41, 5.74) is 3.27. The van der Waals surface area contributed by atoms with E-state index in [0.717, 1.165) is 61.8 Å².